The summed E-state index contributed by atoms with van der Waals surface area (Å²) < 4.78 is 26.5. The van der Waals surface area contributed by atoms with Gasteiger partial charge in [-0.15, -0.1) is 0 Å². The normalized spacial score (nSPS) is 18.7. The van der Waals surface area contributed by atoms with Crippen molar-refractivity contribution in [1.82, 2.24) is 10.3 Å². The minimum Gasteiger partial charge on any atom is -0.477 e. The third kappa shape index (κ3) is 3.82. The Bertz CT molecular complexity index is 1130. The Labute approximate surface area is 168 Å². The average Bonchev–Trinajstić information content (AvgIpc) is 3.29. The highest BCUT2D eigenvalue weighted by Crippen LogP contribution is 2.31. The number of aromatic carboxylic acids is 1. The first-order chi connectivity index (χ1) is 14.2. The zero-order chi connectivity index (χ0) is 21.5. The first-order valence-electron chi connectivity index (χ1n) is 9.02. The van der Waals surface area contributed by atoms with Gasteiger partial charge in [-0.25, -0.2) is 18.4 Å². The van der Waals surface area contributed by atoms with Gasteiger partial charge in [0.25, 0.3) is 11.7 Å². The summed E-state index contributed by atoms with van der Waals surface area (Å²) in [6.07, 6.45) is -0.0398. The summed E-state index contributed by atoms with van der Waals surface area (Å²) in [5.41, 5.74) is 1.38. The number of aromatic nitrogens is 1. The number of carbonyl (C=O) groups excluding carboxylic acids is 1. The van der Waals surface area contributed by atoms with E-state index < -0.39 is 29.3 Å². The Hall–Kier alpha value is -3.50. The number of halogens is 2. The van der Waals surface area contributed by atoms with Gasteiger partial charge >= 0.3 is 5.97 Å². The summed E-state index contributed by atoms with van der Waals surface area (Å²) >= 11 is 0. The first-order valence-corrected chi connectivity index (χ1v) is 9.02. The van der Waals surface area contributed by atoms with Gasteiger partial charge in [0.2, 0.25) is 0 Å². The molecule has 2 aromatic carbocycles. The largest absolute Gasteiger partial charge is 0.477 e. The number of carbonyl (C=O) groups is 2. The number of benzene rings is 2. The number of amides is 1. The zero-order valence-electron chi connectivity index (χ0n) is 15.5. The fourth-order valence-electron chi connectivity index (χ4n) is 3.29. The number of anilines is 1. The molecule has 1 aliphatic rings. The van der Waals surface area contributed by atoms with E-state index in [0.717, 1.165) is 18.2 Å². The predicted octanol–water partition coefficient (Wildman–Crippen LogP) is 2.29. The van der Waals surface area contributed by atoms with Gasteiger partial charge in [-0.3, -0.25) is 9.86 Å². The van der Waals surface area contributed by atoms with Crippen molar-refractivity contribution in [2.45, 2.75) is 18.8 Å². The number of rotatable bonds is 5. The zero-order valence-corrected chi connectivity index (χ0v) is 15.5. The summed E-state index contributed by atoms with van der Waals surface area (Å²) in [7, 11) is 0. The number of hydrogen-bond donors (Lipinski definition) is 4. The molecule has 1 aromatic heterocycles. The van der Waals surface area contributed by atoms with Crippen molar-refractivity contribution in [3.05, 3.63) is 65.4 Å². The molecule has 4 rings (SSSR count). The van der Waals surface area contributed by atoms with Crippen molar-refractivity contribution in [3.8, 4) is 0 Å². The molecule has 3 aromatic rings. The van der Waals surface area contributed by atoms with Gasteiger partial charge in [0.15, 0.2) is 0 Å². The number of carboxylic acid groups (broad SMARTS) is 1. The second kappa shape index (κ2) is 7.39. The lowest BCUT2D eigenvalue weighted by atomic mass is 10.1. The third-order valence-corrected chi connectivity index (χ3v) is 4.77. The third-order valence-electron chi connectivity index (χ3n) is 4.77. The van der Waals surface area contributed by atoms with Gasteiger partial charge in [-0.1, -0.05) is 0 Å². The van der Waals surface area contributed by atoms with Gasteiger partial charge in [-0.05, 0) is 42.0 Å². The summed E-state index contributed by atoms with van der Waals surface area (Å²) in [4.78, 5) is 31.7. The molecule has 1 aliphatic heterocycles. The van der Waals surface area contributed by atoms with E-state index in [2.05, 4.69) is 10.3 Å². The van der Waals surface area contributed by atoms with Crippen LogP contribution in [0.3, 0.4) is 0 Å². The number of aromatic amines is 1. The standard InChI is InChI=1S/C20H17F2N3O5/c21-13-5-11(6-14(22)9-13)10-23-19(28)20(29)3-4-25(30-20)15-1-2-16-12(7-15)8-17(24-16)18(26)27/h1-2,5-9,24,29H,3-4,10H2,(H,23,28)(H,26,27). The lowest BCUT2D eigenvalue weighted by Crippen LogP contribution is -2.47. The smallest absolute Gasteiger partial charge is 0.352 e. The van der Waals surface area contributed by atoms with Crippen LogP contribution < -0.4 is 10.4 Å². The average molecular weight is 417 g/mol. The van der Waals surface area contributed by atoms with Crippen LogP contribution in [0.15, 0.2) is 42.5 Å². The summed E-state index contributed by atoms with van der Waals surface area (Å²) in [6.45, 7) is 0.00664. The Morgan fingerprint density at radius 2 is 1.90 bits per heavy atom. The molecule has 2 heterocycles. The van der Waals surface area contributed by atoms with Crippen LogP contribution in [-0.2, 0) is 16.2 Å². The maximum Gasteiger partial charge on any atom is 0.352 e. The number of hydroxylamine groups is 1. The second-order valence-corrected chi connectivity index (χ2v) is 6.95. The minimum absolute atomic E-state index is 0.0363. The molecule has 156 valence electrons. The molecule has 1 unspecified atom stereocenters. The second-order valence-electron chi connectivity index (χ2n) is 6.95. The molecule has 10 heteroatoms. The first kappa shape index (κ1) is 19.8. The molecule has 1 fully saturated rings. The fraction of sp³-hybridized carbons (Fsp3) is 0.200. The lowest BCUT2D eigenvalue weighted by molar-refractivity contribution is -0.193. The van der Waals surface area contributed by atoms with E-state index in [1.54, 1.807) is 18.2 Å². The molecule has 0 saturated carbocycles. The monoisotopic (exact) mass is 417 g/mol. The van der Waals surface area contributed by atoms with Gasteiger partial charge in [0.1, 0.15) is 17.3 Å². The van der Waals surface area contributed by atoms with Gasteiger partial charge in [0.05, 0.1) is 12.2 Å². The van der Waals surface area contributed by atoms with Crippen molar-refractivity contribution in [2.24, 2.45) is 0 Å². The van der Waals surface area contributed by atoms with Crippen molar-refractivity contribution >= 4 is 28.5 Å². The molecule has 0 aliphatic carbocycles. The van der Waals surface area contributed by atoms with Crippen LogP contribution in [0.5, 0.6) is 0 Å². The fourth-order valence-corrected chi connectivity index (χ4v) is 3.29. The highest BCUT2D eigenvalue weighted by Gasteiger charge is 2.45. The van der Waals surface area contributed by atoms with Crippen molar-refractivity contribution in [1.29, 1.82) is 0 Å². The number of H-pyrrole nitrogens is 1. The predicted molar refractivity (Wildman–Crippen MR) is 101 cm³/mol. The van der Waals surface area contributed by atoms with E-state index in [1.807, 2.05) is 0 Å². The maximum absolute atomic E-state index is 13.3. The molecule has 0 spiro atoms. The van der Waals surface area contributed by atoms with Gasteiger partial charge < -0.3 is 20.5 Å². The van der Waals surface area contributed by atoms with Crippen LogP contribution in [0.4, 0.5) is 14.5 Å². The summed E-state index contributed by atoms with van der Waals surface area (Å²) in [5.74, 6) is -5.62. The van der Waals surface area contributed by atoms with E-state index in [-0.39, 0.29) is 30.8 Å². The molecular weight excluding hydrogens is 400 g/mol. The molecular formula is C20H17F2N3O5. The molecule has 8 nitrogen and oxygen atoms in total. The van der Waals surface area contributed by atoms with Crippen molar-refractivity contribution in [3.63, 3.8) is 0 Å². The summed E-state index contributed by atoms with van der Waals surface area (Å²) in [5, 5.41) is 24.0. The Balaban J connectivity index is 1.45. The number of nitrogens with zero attached hydrogens (tertiary/aromatic N) is 1. The molecule has 1 saturated heterocycles. The maximum atomic E-state index is 13.3. The molecule has 0 radical (unpaired) electrons. The minimum atomic E-state index is -2.15. The Morgan fingerprint density at radius 3 is 2.60 bits per heavy atom. The number of fused-ring (bicyclic) bond motifs is 1. The van der Waals surface area contributed by atoms with Crippen LogP contribution in [0.2, 0.25) is 0 Å². The number of carboxylic acids is 1. The topological polar surface area (TPSA) is 115 Å². The van der Waals surface area contributed by atoms with Crippen LogP contribution >= 0.6 is 0 Å². The van der Waals surface area contributed by atoms with Crippen molar-refractivity contribution < 1.29 is 33.4 Å². The van der Waals surface area contributed by atoms with E-state index in [4.69, 9.17) is 9.94 Å². The van der Waals surface area contributed by atoms with Crippen molar-refractivity contribution in [2.75, 3.05) is 11.6 Å². The Morgan fingerprint density at radius 1 is 1.17 bits per heavy atom. The number of nitrogens with one attached hydrogen (secondary N) is 2. The van der Waals surface area contributed by atoms with Gasteiger partial charge in [0, 0.05) is 29.9 Å². The number of hydrogen-bond acceptors (Lipinski definition) is 5. The van der Waals surface area contributed by atoms with Crippen LogP contribution in [0.1, 0.15) is 22.5 Å². The van der Waals surface area contributed by atoms with E-state index in [0.29, 0.717) is 16.6 Å². The quantitative estimate of drug-likeness (QED) is 0.507. The van der Waals surface area contributed by atoms with E-state index in [9.17, 15) is 23.5 Å². The lowest BCUT2D eigenvalue weighted by Gasteiger charge is -2.23. The number of aliphatic hydroxyl groups is 1. The molecule has 0 bridgehead atoms. The molecule has 1 amide bonds. The SMILES string of the molecule is O=C(O)c1cc2cc(N3CCC(O)(C(=O)NCc4cc(F)cc(F)c4)O3)ccc2[nH]1. The highest BCUT2D eigenvalue weighted by atomic mass is 19.1. The van der Waals surface area contributed by atoms with Crippen LogP contribution in [0.25, 0.3) is 10.9 Å². The van der Waals surface area contributed by atoms with Crippen LogP contribution in [0, 0.1) is 11.6 Å². The molecule has 30 heavy (non-hydrogen) atoms. The molecule has 1 atom stereocenters. The van der Waals surface area contributed by atoms with Crippen LogP contribution in [-0.4, -0.2) is 39.4 Å². The van der Waals surface area contributed by atoms with E-state index >= 15 is 0 Å². The Kier molecular flexibility index (Phi) is 4.88. The summed E-state index contributed by atoms with van der Waals surface area (Å²) in [6, 6.07) is 9.32. The molecule has 4 N–H and O–H groups in total. The highest BCUT2D eigenvalue weighted by molar-refractivity contribution is 5.94. The van der Waals surface area contributed by atoms with Gasteiger partial charge in [-0.2, -0.15) is 0 Å². The van der Waals surface area contributed by atoms with E-state index in [1.165, 1.54) is 11.1 Å².